The number of nitrogens with zero attached hydrogens (tertiary/aromatic N) is 2. The molecule has 0 bridgehead atoms. The fraction of sp³-hybridized carbons (Fsp3) is 0.300. The first kappa shape index (κ1) is 19.9. The molecule has 0 saturated carbocycles. The summed E-state index contributed by atoms with van der Waals surface area (Å²) in [7, 11) is -0.528. The smallest absolute Gasteiger partial charge is 0.399 e. The van der Waals surface area contributed by atoms with Gasteiger partial charge >= 0.3 is 7.12 Å². The predicted octanol–water partition coefficient (Wildman–Crippen LogP) is 3.68. The number of aromatic nitrogens is 2. The maximum Gasteiger partial charge on any atom is 0.495 e. The number of carbonyl (C=O) groups excluding carboxylic acids is 1. The molecular formula is C20H20BClFN3O3. The number of fused-ring (bicyclic) bond motifs is 1. The van der Waals surface area contributed by atoms with E-state index >= 15 is 0 Å². The molecule has 0 aliphatic carbocycles. The van der Waals surface area contributed by atoms with Crippen molar-refractivity contribution in [1.82, 2.24) is 9.38 Å². The van der Waals surface area contributed by atoms with E-state index in [0.717, 1.165) is 5.46 Å². The van der Waals surface area contributed by atoms with Crippen LogP contribution >= 0.6 is 11.6 Å². The molecule has 1 N–H and O–H groups in total. The number of halogens is 2. The Labute approximate surface area is 173 Å². The van der Waals surface area contributed by atoms with Crippen molar-refractivity contribution in [2.75, 3.05) is 5.32 Å². The fourth-order valence-corrected chi connectivity index (χ4v) is 3.24. The van der Waals surface area contributed by atoms with Gasteiger partial charge in [0.05, 0.1) is 23.1 Å². The molecule has 6 nitrogen and oxygen atoms in total. The highest BCUT2D eigenvalue weighted by molar-refractivity contribution is 6.62. The molecule has 3 heterocycles. The summed E-state index contributed by atoms with van der Waals surface area (Å²) in [6.45, 7) is 7.94. The van der Waals surface area contributed by atoms with Gasteiger partial charge in [-0.25, -0.2) is 9.37 Å². The first-order valence-corrected chi connectivity index (χ1v) is 9.54. The van der Waals surface area contributed by atoms with Gasteiger partial charge in [0.1, 0.15) is 17.2 Å². The van der Waals surface area contributed by atoms with Crippen LogP contribution in [0.1, 0.15) is 38.2 Å². The highest BCUT2D eigenvalue weighted by atomic mass is 35.5. The molecule has 150 valence electrons. The van der Waals surface area contributed by atoms with E-state index in [1.54, 1.807) is 16.7 Å². The van der Waals surface area contributed by atoms with Crippen molar-refractivity contribution in [2.45, 2.75) is 38.9 Å². The van der Waals surface area contributed by atoms with E-state index in [9.17, 15) is 9.18 Å². The Morgan fingerprint density at radius 3 is 2.55 bits per heavy atom. The predicted molar refractivity (Wildman–Crippen MR) is 110 cm³/mol. The van der Waals surface area contributed by atoms with Gasteiger partial charge in [-0.05, 0) is 63.5 Å². The number of anilines is 1. The zero-order valence-corrected chi connectivity index (χ0v) is 17.2. The van der Waals surface area contributed by atoms with Crippen LogP contribution in [-0.2, 0) is 9.31 Å². The Bertz CT molecular complexity index is 1100. The van der Waals surface area contributed by atoms with Crippen molar-refractivity contribution in [1.29, 1.82) is 0 Å². The van der Waals surface area contributed by atoms with Gasteiger partial charge < -0.3 is 14.6 Å². The van der Waals surface area contributed by atoms with E-state index in [1.807, 2.05) is 33.8 Å². The molecule has 0 radical (unpaired) electrons. The standard InChI is InChI=1S/C20H20BClFN3O3/c1-19(2)20(3,4)29-21(28-19)12-7-8-26-16(11-24-17(26)9-12)18(27)25-15-10-13(22)5-6-14(15)23/h5-11H,1-4H3,(H,25,27). The molecule has 1 fully saturated rings. The summed E-state index contributed by atoms with van der Waals surface area (Å²) in [4.78, 5) is 16.9. The van der Waals surface area contributed by atoms with E-state index in [1.165, 1.54) is 24.4 Å². The minimum atomic E-state index is -0.570. The molecule has 0 atom stereocenters. The van der Waals surface area contributed by atoms with E-state index in [2.05, 4.69) is 10.3 Å². The molecule has 1 saturated heterocycles. The number of hydrogen-bond donors (Lipinski definition) is 1. The molecule has 29 heavy (non-hydrogen) atoms. The summed E-state index contributed by atoms with van der Waals surface area (Å²) >= 11 is 5.88. The largest absolute Gasteiger partial charge is 0.495 e. The second kappa shape index (κ2) is 6.83. The fourth-order valence-electron chi connectivity index (χ4n) is 3.07. The second-order valence-electron chi connectivity index (χ2n) is 8.00. The molecule has 3 aromatic rings. The van der Waals surface area contributed by atoms with E-state index < -0.39 is 30.0 Å². The summed E-state index contributed by atoms with van der Waals surface area (Å²) < 4.78 is 27.7. The van der Waals surface area contributed by atoms with Crippen molar-refractivity contribution in [3.63, 3.8) is 0 Å². The summed E-state index contributed by atoms with van der Waals surface area (Å²) in [5.74, 6) is -1.07. The van der Waals surface area contributed by atoms with Crippen molar-refractivity contribution < 1.29 is 18.5 Å². The van der Waals surface area contributed by atoms with E-state index in [-0.39, 0.29) is 11.4 Å². The van der Waals surface area contributed by atoms with Gasteiger partial charge in [0.15, 0.2) is 0 Å². The lowest BCUT2D eigenvalue weighted by Gasteiger charge is -2.32. The Hall–Kier alpha value is -2.42. The quantitative estimate of drug-likeness (QED) is 0.663. The van der Waals surface area contributed by atoms with Gasteiger partial charge in [-0.1, -0.05) is 11.6 Å². The first-order valence-electron chi connectivity index (χ1n) is 9.16. The zero-order chi connectivity index (χ0) is 21.0. The first-order chi connectivity index (χ1) is 13.6. The molecule has 9 heteroatoms. The number of rotatable bonds is 3. The maximum absolute atomic E-state index is 13.9. The summed E-state index contributed by atoms with van der Waals surface area (Å²) in [5, 5.41) is 2.85. The summed E-state index contributed by atoms with van der Waals surface area (Å²) in [6, 6.07) is 7.59. The number of benzene rings is 1. The van der Waals surface area contributed by atoms with Crippen LogP contribution in [-0.4, -0.2) is 33.6 Å². The van der Waals surface area contributed by atoms with E-state index in [4.69, 9.17) is 20.9 Å². The van der Waals surface area contributed by atoms with E-state index in [0.29, 0.717) is 10.7 Å². The molecule has 0 spiro atoms. The van der Waals surface area contributed by atoms with Gasteiger partial charge in [0, 0.05) is 11.2 Å². The lowest BCUT2D eigenvalue weighted by molar-refractivity contribution is 0.00578. The average Bonchev–Trinajstić information content (AvgIpc) is 3.15. The van der Waals surface area contributed by atoms with Crippen LogP contribution in [0.3, 0.4) is 0 Å². The maximum atomic E-state index is 13.9. The third-order valence-corrected chi connectivity index (χ3v) is 5.71. The number of carbonyl (C=O) groups is 1. The van der Waals surface area contributed by atoms with Crippen molar-refractivity contribution in [3.8, 4) is 0 Å². The molecule has 0 unspecified atom stereocenters. The molecule has 2 aromatic heterocycles. The topological polar surface area (TPSA) is 64.9 Å². The number of hydrogen-bond acceptors (Lipinski definition) is 4. The van der Waals surface area contributed by atoms with Gasteiger partial charge in [-0.2, -0.15) is 0 Å². The number of nitrogens with one attached hydrogen (secondary N) is 1. The highest BCUT2D eigenvalue weighted by Crippen LogP contribution is 2.36. The molecule has 1 amide bonds. The monoisotopic (exact) mass is 415 g/mol. The molecule has 4 rings (SSSR count). The molecule has 1 aromatic carbocycles. The van der Waals surface area contributed by atoms with Gasteiger partial charge in [0.2, 0.25) is 0 Å². The van der Waals surface area contributed by atoms with Crippen LogP contribution in [0, 0.1) is 5.82 Å². The van der Waals surface area contributed by atoms with Crippen molar-refractivity contribution in [2.24, 2.45) is 0 Å². The Kier molecular flexibility index (Phi) is 4.68. The van der Waals surface area contributed by atoms with Crippen molar-refractivity contribution >= 4 is 41.4 Å². The number of pyridine rings is 1. The summed E-state index contributed by atoms with van der Waals surface area (Å²) in [6.07, 6.45) is 3.15. The van der Waals surface area contributed by atoms with Gasteiger partial charge in [-0.15, -0.1) is 0 Å². The lowest BCUT2D eigenvalue weighted by atomic mass is 9.80. The number of amides is 1. The normalized spacial score (nSPS) is 17.7. The Morgan fingerprint density at radius 1 is 1.17 bits per heavy atom. The third-order valence-electron chi connectivity index (χ3n) is 5.47. The third kappa shape index (κ3) is 3.52. The lowest BCUT2D eigenvalue weighted by Crippen LogP contribution is -2.41. The van der Waals surface area contributed by atoms with Gasteiger partial charge in [0.25, 0.3) is 5.91 Å². The second-order valence-corrected chi connectivity index (χ2v) is 8.43. The van der Waals surface area contributed by atoms with Crippen LogP contribution < -0.4 is 10.8 Å². The number of imidazole rings is 1. The Balaban J connectivity index is 1.60. The Morgan fingerprint density at radius 2 is 1.86 bits per heavy atom. The summed E-state index contributed by atoms with van der Waals surface area (Å²) in [5.41, 5.74) is 0.714. The zero-order valence-electron chi connectivity index (χ0n) is 16.5. The minimum absolute atomic E-state index is 0.00582. The molecule has 1 aliphatic rings. The average molecular weight is 416 g/mol. The highest BCUT2D eigenvalue weighted by Gasteiger charge is 2.51. The van der Waals surface area contributed by atoms with Crippen LogP contribution in [0.5, 0.6) is 0 Å². The van der Waals surface area contributed by atoms with Crippen LogP contribution in [0.4, 0.5) is 10.1 Å². The SMILES string of the molecule is CC1(C)OB(c2ccn3c(C(=O)Nc4cc(Cl)ccc4F)cnc3c2)OC1(C)C. The van der Waals surface area contributed by atoms with Crippen LogP contribution in [0.2, 0.25) is 5.02 Å². The van der Waals surface area contributed by atoms with Crippen molar-refractivity contribution in [3.05, 3.63) is 59.3 Å². The van der Waals surface area contributed by atoms with Gasteiger partial charge in [-0.3, -0.25) is 9.20 Å². The minimum Gasteiger partial charge on any atom is -0.399 e. The van der Waals surface area contributed by atoms with Crippen LogP contribution in [0.25, 0.3) is 5.65 Å². The molecular weight excluding hydrogens is 396 g/mol. The van der Waals surface area contributed by atoms with Crippen LogP contribution in [0.15, 0.2) is 42.7 Å². The molecule has 1 aliphatic heterocycles.